The topological polar surface area (TPSA) is 41.1 Å². The zero-order valence-electron chi connectivity index (χ0n) is 12.1. The predicted molar refractivity (Wildman–Crippen MR) is 79.1 cm³/mol. The lowest BCUT2D eigenvalue weighted by Crippen LogP contribution is -2.22. The number of hydrogen-bond acceptors (Lipinski definition) is 2. The maximum Gasteiger partial charge on any atom is 0.227 e. The van der Waals surface area contributed by atoms with Crippen LogP contribution in [0.5, 0.6) is 0 Å². The highest BCUT2D eigenvalue weighted by Gasteiger charge is 2.32. The average molecular weight is 260 g/mol. The minimum absolute atomic E-state index is 0.134. The summed E-state index contributed by atoms with van der Waals surface area (Å²) < 4.78 is 0. The third-order valence-corrected chi connectivity index (χ3v) is 3.91. The molecule has 0 bridgehead atoms. The van der Waals surface area contributed by atoms with E-state index in [0.717, 1.165) is 12.2 Å². The quantitative estimate of drug-likeness (QED) is 0.823. The minimum atomic E-state index is 0.134. The van der Waals surface area contributed by atoms with E-state index in [1.165, 1.54) is 18.4 Å². The molecule has 0 radical (unpaired) electrons. The van der Waals surface area contributed by atoms with Crippen LogP contribution in [-0.2, 0) is 4.79 Å². The molecule has 1 aromatic rings. The number of nitrogens with one attached hydrogen (secondary N) is 2. The molecular formula is C16H24N2O. The van der Waals surface area contributed by atoms with Gasteiger partial charge in [-0.3, -0.25) is 4.79 Å². The van der Waals surface area contributed by atoms with Gasteiger partial charge < -0.3 is 10.6 Å². The molecule has 2 N–H and O–H groups in total. The average Bonchev–Trinajstić information content (AvgIpc) is 3.22. The van der Waals surface area contributed by atoms with Gasteiger partial charge in [-0.25, -0.2) is 0 Å². The normalized spacial score (nSPS) is 17.8. The fourth-order valence-electron chi connectivity index (χ4n) is 2.38. The van der Waals surface area contributed by atoms with Crippen molar-refractivity contribution in [1.29, 1.82) is 0 Å². The van der Waals surface area contributed by atoms with Crippen LogP contribution in [0.4, 0.5) is 5.69 Å². The molecule has 19 heavy (non-hydrogen) atoms. The summed E-state index contributed by atoms with van der Waals surface area (Å²) in [4.78, 5) is 12.1. The Balaban J connectivity index is 1.99. The Morgan fingerprint density at radius 3 is 2.74 bits per heavy atom. The second-order valence-electron chi connectivity index (χ2n) is 5.52. The van der Waals surface area contributed by atoms with Gasteiger partial charge in [0, 0.05) is 17.6 Å². The molecule has 1 aliphatic carbocycles. The molecule has 0 aliphatic heterocycles. The van der Waals surface area contributed by atoms with Gasteiger partial charge in [-0.15, -0.1) is 0 Å². The van der Waals surface area contributed by atoms with Crippen molar-refractivity contribution in [3.05, 3.63) is 29.8 Å². The molecule has 0 spiro atoms. The van der Waals surface area contributed by atoms with Crippen LogP contribution in [0.2, 0.25) is 0 Å². The smallest absolute Gasteiger partial charge is 0.227 e. The number of carbonyl (C=O) groups excluding carboxylic acids is 1. The van der Waals surface area contributed by atoms with Crippen LogP contribution in [0.25, 0.3) is 0 Å². The van der Waals surface area contributed by atoms with E-state index in [1.807, 2.05) is 19.1 Å². The van der Waals surface area contributed by atoms with Crippen LogP contribution < -0.4 is 10.6 Å². The highest BCUT2D eigenvalue weighted by atomic mass is 16.1. The molecule has 1 saturated carbocycles. The number of rotatable bonds is 6. The molecule has 1 fully saturated rings. The van der Waals surface area contributed by atoms with E-state index < -0.39 is 0 Å². The van der Waals surface area contributed by atoms with Crippen LogP contribution in [0.1, 0.15) is 45.2 Å². The van der Waals surface area contributed by atoms with Crippen molar-refractivity contribution in [2.45, 2.75) is 39.7 Å². The molecule has 1 amide bonds. The SMILES string of the molecule is CCNC(C)c1cccc(NC(=O)C(C)C2CC2)c1. The molecule has 104 valence electrons. The summed E-state index contributed by atoms with van der Waals surface area (Å²) in [7, 11) is 0. The maximum atomic E-state index is 12.1. The molecule has 1 aromatic carbocycles. The van der Waals surface area contributed by atoms with Gasteiger partial charge in [0.25, 0.3) is 0 Å². The molecule has 1 aliphatic rings. The zero-order valence-corrected chi connectivity index (χ0v) is 12.1. The van der Waals surface area contributed by atoms with Gasteiger partial charge in [0.05, 0.1) is 0 Å². The van der Waals surface area contributed by atoms with Gasteiger partial charge in [-0.05, 0) is 49.9 Å². The van der Waals surface area contributed by atoms with Gasteiger partial charge in [0.2, 0.25) is 5.91 Å². The van der Waals surface area contributed by atoms with Crippen molar-refractivity contribution in [1.82, 2.24) is 5.32 Å². The fourth-order valence-corrected chi connectivity index (χ4v) is 2.38. The molecular weight excluding hydrogens is 236 g/mol. The number of amides is 1. The molecule has 0 aromatic heterocycles. The lowest BCUT2D eigenvalue weighted by atomic mass is 10.0. The molecule has 2 atom stereocenters. The summed E-state index contributed by atoms with van der Waals surface area (Å²) in [6.07, 6.45) is 2.40. The van der Waals surface area contributed by atoms with Crippen LogP contribution in [0.15, 0.2) is 24.3 Å². The Morgan fingerprint density at radius 1 is 1.37 bits per heavy atom. The highest BCUT2D eigenvalue weighted by molar-refractivity contribution is 5.92. The van der Waals surface area contributed by atoms with Crippen LogP contribution in [0, 0.1) is 11.8 Å². The Kier molecular flexibility index (Phi) is 4.59. The van der Waals surface area contributed by atoms with Gasteiger partial charge in [-0.2, -0.15) is 0 Å². The predicted octanol–water partition coefficient (Wildman–Crippen LogP) is 3.34. The van der Waals surface area contributed by atoms with Crippen LogP contribution >= 0.6 is 0 Å². The Morgan fingerprint density at radius 2 is 2.11 bits per heavy atom. The molecule has 3 heteroatoms. The summed E-state index contributed by atoms with van der Waals surface area (Å²) in [5.74, 6) is 0.884. The number of hydrogen-bond donors (Lipinski definition) is 2. The molecule has 0 saturated heterocycles. The van der Waals surface area contributed by atoms with E-state index >= 15 is 0 Å². The third-order valence-electron chi connectivity index (χ3n) is 3.91. The van der Waals surface area contributed by atoms with Crippen molar-refractivity contribution in [3.63, 3.8) is 0 Å². The van der Waals surface area contributed by atoms with Gasteiger partial charge in [0.1, 0.15) is 0 Å². The van der Waals surface area contributed by atoms with E-state index in [2.05, 4.69) is 36.6 Å². The summed E-state index contributed by atoms with van der Waals surface area (Å²) in [5.41, 5.74) is 2.11. The van der Waals surface area contributed by atoms with Crippen LogP contribution in [0.3, 0.4) is 0 Å². The maximum absolute atomic E-state index is 12.1. The summed E-state index contributed by atoms with van der Waals surface area (Å²) in [6.45, 7) is 7.20. The molecule has 2 unspecified atom stereocenters. The van der Waals surface area contributed by atoms with E-state index in [4.69, 9.17) is 0 Å². The molecule has 2 rings (SSSR count). The first-order chi connectivity index (χ1) is 9.11. The Labute approximate surface area is 115 Å². The molecule has 0 heterocycles. The number of benzene rings is 1. The van der Waals surface area contributed by atoms with Gasteiger partial charge in [0.15, 0.2) is 0 Å². The summed E-state index contributed by atoms with van der Waals surface area (Å²) >= 11 is 0. The second-order valence-corrected chi connectivity index (χ2v) is 5.52. The molecule has 3 nitrogen and oxygen atoms in total. The minimum Gasteiger partial charge on any atom is -0.326 e. The first-order valence-electron chi connectivity index (χ1n) is 7.26. The van der Waals surface area contributed by atoms with Crippen LogP contribution in [-0.4, -0.2) is 12.5 Å². The monoisotopic (exact) mass is 260 g/mol. The zero-order chi connectivity index (χ0) is 13.8. The second kappa shape index (κ2) is 6.20. The summed E-state index contributed by atoms with van der Waals surface area (Å²) in [5, 5.41) is 6.41. The van der Waals surface area contributed by atoms with Crippen molar-refractivity contribution >= 4 is 11.6 Å². The fraction of sp³-hybridized carbons (Fsp3) is 0.562. The lowest BCUT2D eigenvalue weighted by Gasteiger charge is -2.15. The van der Waals surface area contributed by atoms with E-state index in [-0.39, 0.29) is 11.8 Å². The van der Waals surface area contributed by atoms with Crippen molar-refractivity contribution < 1.29 is 4.79 Å². The Hall–Kier alpha value is -1.35. The van der Waals surface area contributed by atoms with Crippen molar-refractivity contribution in [2.24, 2.45) is 11.8 Å². The van der Waals surface area contributed by atoms with Crippen molar-refractivity contribution in [3.8, 4) is 0 Å². The highest BCUT2D eigenvalue weighted by Crippen LogP contribution is 2.37. The number of carbonyl (C=O) groups is 1. The van der Waals surface area contributed by atoms with E-state index in [1.54, 1.807) is 0 Å². The van der Waals surface area contributed by atoms with E-state index in [0.29, 0.717) is 12.0 Å². The van der Waals surface area contributed by atoms with Gasteiger partial charge in [-0.1, -0.05) is 26.0 Å². The standard InChI is InChI=1S/C16H24N2O/c1-4-17-12(3)14-6-5-7-15(10-14)18-16(19)11(2)13-8-9-13/h5-7,10-13,17H,4,8-9H2,1-3H3,(H,18,19). The lowest BCUT2D eigenvalue weighted by molar-refractivity contribution is -0.119. The first-order valence-corrected chi connectivity index (χ1v) is 7.26. The summed E-state index contributed by atoms with van der Waals surface area (Å²) in [6, 6.07) is 8.42. The first kappa shape index (κ1) is 14.1. The van der Waals surface area contributed by atoms with Crippen molar-refractivity contribution in [2.75, 3.05) is 11.9 Å². The third kappa shape index (κ3) is 3.80. The van der Waals surface area contributed by atoms with E-state index in [9.17, 15) is 4.79 Å². The largest absolute Gasteiger partial charge is 0.326 e. The Bertz CT molecular complexity index is 440. The van der Waals surface area contributed by atoms with Gasteiger partial charge >= 0.3 is 0 Å². The number of anilines is 1.